The molecule has 2 fully saturated rings. The third-order valence-electron chi connectivity index (χ3n) is 7.54. The van der Waals surface area contributed by atoms with Crippen molar-refractivity contribution < 1.29 is 39.3 Å². The fourth-order valence-corrected chi connectivity index (χ4v) is 5.43. The van der Waals surface area contributed by atoms with Crippen molar-refractivity contribution in [2.24, 2.45) is 11.5 Å². The Morgan fingerprint density at radius 3 is 2.20 bits per heavy atom. The first-order valence-corrected chi connectivity index (χ1v) is 13.7. The van der Waals surface area contributed by atoms with Gasteiger partial charge in [-0.2, -0.15) is 0 Å². The van der Waals surface area contributed by atoms with Crippen molar-refractivity contribution in [2.45, 2.75) is 88.0 Å². The highest BCUT2D eigenvalue weighted by molar-refractivity contribution is 5.94. The van der Waals surface area contributed by atoms with Crippen LogP contribution in [-0.4, -0.2) is 110 Å². The Kier molecular flexibility index (Phi) is 11.2. The molecule has 1 unspecified atom stereocenters. The second kappa shape index (κ2) is 14.3. The molecule has 7 atom stereocenters. The number of hydrogen-bond acceptors (Lipinski definition) is 9. The van der Waals surface area contributed by atoms with Crippen molar-refractivity contribution >= 4 is 29.6 Å². The molecule has 0 bridgehead atoms. The van der Waals surface area contributed by atoms with Crippen LogP contribution >= 0.6 is 0 Å². The Bertz CT molecular complexity index is 1100. The van der Waals surface area contributed by atoms with Gasteiger partial charge in [-0.1, -0.05) is 30.3 Å². The monoisotopic (exact) mass is 576 g/mol. The molecule has 9 N–H and O–H groups in total. The zero-order valence-electron chi connectivity index (χ0n) is 23.0. The Balaban J connectivity index is 1.79. The highest BCUT2D eigenvalue weighted by Crippen LogP contribution is 2.23. The Labute approximate surface area is 238 Å². The molecule has 0 spiro atoms. The van der Waals surface area contributed by atoms with E-state index in [-0.39, 0.29) is 25.8 Å². The molecule has 1 aromatic carbocycles. The summed E-state index contributed by atoms with van der Waals surface area (Å²) >= 11 is 0. The lowest BCUT2D eigenvalue weighted by Gasteiger charge is -2.34. The predicted octanol–water partition coefficient (Wildman–Crippen LogP) is -2.36. The fourth-order valence-electron chi connectivity index (χ4n) is 5.43. The number of aliphatic hydroxyl groups is 2. The normalized spacial score (nSPS) is 22.8. The minimum Gasteiger partial charge on any atom is -0.480 e. The zero-order valence-corrected chi connectivity index (χ0v) is 23.0. The minimum absolute atomic E-state index is 0.123. The van der Waals surface area contributed by atoms with Crippen LogP contribution in [0.3, 0.4) is 0 Å². The van der Waals surface area contributed by atoms with Gasteiger partial charge < -0.3 is 42.3 Å². The van der Waals surface area contributed by atoms with Gasteiger partial charge in [-0.05, 0) is 38.2 Å². The maximum absolute atomic E-state index is 13.8. The van der Waals surface area contributed by atoms with E-state index >= 15 is 0 Å². The summed E-state index contributed by atoms with van der Waals surface area (Å²) in [6.07, 6.45) is -1.05. The van der Waals surface area contributed by atoms with E-state index in [1.165, 1.54) is 16.7 Å². The van der Waals surface area contributed by atoms with Gasteiger partial charge in [0, 0.05) is 25.9 Å². The van der Waals surface area contributed by atoms with Crippen LogP contribution in [0.5, 0.6) is 0 Å². The summed E-state index contributed by atoms with van der Waals surface area (Å²) in [5, 5.41) is 34.9. The van der Waals surface area contributed by atoms with Crippen LogP contribution in [0.25, 0.3) is 0 Å². The van der Waals surface area contributed by atoms with Crippen LogP contribution in [0, 0.1) is 0 Å². The summed E-state index contributed by atoms with van der Waals surface area (Å²) < 4.78 is 0. The first-order valence-electron chi connectivity index (χ1n) is 13.7. The van der Waals surface area contributed by atoms with Crippen molar-refractivity contribution in [1.82, 2.24) is 20.4 Å². The number of amides is 4. The van der Waals surface area contributed by atoms with Gasteiger partial charge in [-0.3, -0.25) is 24.1 Å². The summed E-state index contributed by atoms with van der Waals surface area (Å²) in [5.74, 6) is -3.82. The van der Waals surface area contributed by atoms with E-state index < -0.39 is 72.1 Å². The van der Waals surface area contributed by atoms with Gasteiger partial charge >= 0.3 is 5.97 Å². The van der Waals surface area contributed by atoms with E-state index in [1.807, 2.05) is 6.07 Å². The molecule has 0 radical (unpaired) electrons. The lowest BCUT2D eigenvalue weighted by molar-refractivity contribution is -0.147. The molecular weight excluding hydrogens is 536 g/mol. The number of benzene rings is 1. The summed E-state index contributed by atoms with van der Waals surface area (Å²) in [4.78, 5) is 65.9. The molecule has 226 valence electrons. The first kappa shape index (κ1) is 31.9. The van der Waals surface area contributed by atoms with Crippen molar-refractivity contribution in [2.75, 3.05) is 13.1 Å². The summed E-state index contributed by atoms with van der Waals surface area (Å²) in [6, 6.07) is 3.61. The van der Waals surface area contributed by atoms with Crippen molar-refractivity contribution in [3.05, 3.63) is 35.9 Å². The molecule has 2 saturated heterocycles. The fraction of sp³-hybridized carbons (Fsp3) is 0.593. The standard InChI is InChI=1S/C27H40N6O8/c1-15(34)22(27(40)41)31-24(37)20-10-6-12-33(20)26(39)18(13-16-7-3-2-4-8-16)30-23(36)19-9-5-11-32(19)25(38)17(28)14-21(29)35/h2-4,7-8,15,17-20,22,25,34,38H,5-6,9-14,28H2,1H3,(H2,29,35)(H,30,36)(H,31,37)(H,40,41)/t15-,17+,18+,19+,20+,22+,25?/m1/s1. The van der Waals surface area contributed by atoms with Gasteiger partial charge in [0.25, 0.3) is 0 Å². The van der Waals surface area contributed by atoms with Crippen molar-refractivity contribution in [3.8, 4) is 0 Å². The molecule has 14 heteroatoms. The molecule has 2 aliphatic heterocycles. The number of carbonyl (C=O) groups excluding carboxylic acids is 4. The number of aliphatic carboxylic acids is 1. The Morgan fingerprint density at radius 1 is 0.976 bits per heavy atom. The number of carboxylic acid groups (broad SMARTS) is 1. The molecule has 2 aliphatic rings. The number of nitrogens with two attached hydrogens (primary N) is 2. The largest absolute Gasteiger partial charge is 0.480 e. The minimum atomic E-state index is -1.54. The molecule has 0 aromatic heterocycles. The van der Waals surface area contributed by atoms with E-state index in [0.717, 1.165) is 5.56 Å². The number of rotatable bonds is 13. The second-order valence-corrected chi connectivity index (χ2v) is 10.6. The lowest BCUT2D eigenvalue weighted by atomic mass is 10.0. The number of nitrogens with zero attached hydrogens (tertiary/aromatic N) is 2. The Hall–Kier alpha value is -3.59. The van der Waals surface area contributed by atoms with Gasteiger partial charge in [-0.25, -0.2) is 4.79 Å². The van der Waals surface area contributed by atoms with Gasteiger partial charge in [0.1, 0.15) is 18.3 Å². The number of carbonyl (C=O) groups is 5. The molecule has 14 nitrogen and oxygen atoms in total. The van der Waals surface area contributed by atoms with E-state index in [9.17, 15) is 39.3 Å². The molecule has 4 amide bonds. The van der Waals surface area contributed by atoms with Gasteiger partial charge in [0.15, 0.2) is 6.04 Å². The van der Waals surface area contributed by atoms with E-state index in [0.29, 0.717) is 25.8 Å². The number of primary amides is 1. The molecule has 2 heterocycles. The maximum Gasteiger partial charge on any atom is 0.328 e. The zero-order chi connectivity index (χ0) is 30.3. The predicted molar refractivity (Wildman–Crippen MR) is 146 cm³/mol. The van der Waals surface area contributed by atoms with Crippen molar-refractivity contribution in [1.29, 1.82) is 0 Å². The van der Waals surface area contributed by atoms with Gasteiger partial charge in [0.05, 0.1) is 18.2 Å². The quantitative estimate of drug-likeness (QED) is 0.132. The summed E-state index contributed by atoms with van der Waals surface area (Å²) in [7, 11) is 0. The number of hydrogen-bond donors (Lipinski definition) is 7. The van der Waals surface area contributed by atoms with Crippen LogP contribution in [-0.2, 0) is 30.4 Å². The van der Waals surface area contributed by atoms with Crippen LogP contribution in [0.4, 0.5) is 0 Å². The lowest BCUT2D eigenvalue weighted by Crippen LogP contribution is -2.59. The van der Waals surface area contributed by atoms with E-state index in [1.54, 1.807) is 24.3 Å². The SMILES string of the molecule is C[C@@H](O)[C@H](NC(=O)[C@@H]1CCCN1C(=O)[C@H](Cc1ccccc1)NC(=O)[C@@H]1CCCN1C(O)[C@@H](N)CC(N)=O)C(=O)O. The number of aliphatic hydroxyl groups excluding tert-OH is 2. The third kappa shape index (κ3) is 8.22. The molecule has 3 rings (SSSR count). The smallest absolute Gasteiger partial charge is 0.328 e. The second-order valence-electron chi connectivity index (χ2n) is 10.6. The number of carboxylic acids is 1. The van der Waals surface area contributed by atoms with Crippen LogP contribution < -0.4 is 22.1 Å². The maximum atomic E-state index is 13.8. The third-order valence-corrected chi connectivity index (χ3v) is 7.54. The number of likely N-dealkylation sites (tertiary alicyclic amines) is 2. The highest BCUT2D eigenvalue weighted by Gasteiger charge is 2.42. The molecule has 1 aromatic rings. The summed E-state index contributed by atoms with van der Waals surface area (Å²) in [5.41, 5.74) is 11.9. The first-order chi connectivity index (χ1) is 19.4. The van der Waals surface area contributed by atoms with Crippen LogP contribution in [0.1, 0.15) is 44.6 Å². The molecule has 0 aliphatic carbocycles. The molecular formula is C27H40N6O8. The highest BCUT2D eigenvalue weighted by atomic mass is 16.4. The number of nitrogens with one attached hydrogen (secondary N) is 2. The van der Waals surface area contributed by atoms with Crippen LogP contribution in [0.15, 0.2) is 30.3 Å². The van der Waals surface area contributed by atoms with E-state index in [2.05, 4.69) is 10.6 Å². The van der Waals surface area contributed by atoms with Crippen LogP contribution in [0.2, 0.25) is 0 Å². The average molecular weight is 577 g/mol. The van der Waals surface area contributed by atoms with E-state index in [4.69, 9.17) is 11.5 Å². The molecule has 41 heavy (non-hydrogen) atoms. The van der Waals surface area contributed by atoms with Crippen molar-refractivity contribution in [3.63, 3.8) is 0 Å². The Morgan fingerprint density at radius 2 is 1.59 bits per heavy atom. The topological polar surface area (TPSA) is 229 Å². The molecule has 0 saturated carbocycles. The van der Waals surface area contributed by atoms with Gasteiger partial charge in [-0.15, -0.1) is 0 Å². The van der Waals surface area contributed by atoms with Gasteiger partial charge in [0.2, 0.25) is 23.6 Å². The average Bonchev–Trinajstić information content (AvgIpc) is 3.60. The summed E-state index contributed by atoms with van der Waals surface area (Å²) in [6.45, 7) is 1.82.